The smallest absolute Gasteiger partial charge is 0.127 e. The molecule has 1 unspecified atom stereocenters. The van der Waals surface area contributed by atoms with Crippen molar-refractivity contribution in [2.45, 2.75) is 39.2 Å². The van der Waals surface area contributed by atoms with Crippen molar-refractivity contribution in [3.05, 3.63) is 35.6 Å². The van der Waals surface area contributed by atoms with Crippen molar-refractivity contribution < 1.29 is 4.39 Å². The highest BCUT2D eigenvalue weighted by Crippen LogP contribution is 2.39. The zero-order chi connectivity index (χ0) is 11.6. The molecule has 0 heterocycles. The number of hydrogen-bond acceptors (Lipinski definition) is 1. The maximum Gasteiger partial charge on any atom is 0.127 e. The Bertz CT molecular complexity index is 363. The van der Waals surface area contributed by atoms with Crippen LogP contribution >= 0.6 is 12.4 Å². The summed E-state index contributed by atoms with van der Waals surface area (Å²) in [5.74, 6) is -0.110. The molecule has 0 amide bonds. The maximum atomic E-state index is 13.5. The quantitative estimate of drug-likeness (QED) is 0.857. The topological polar surface area (TPSA) is 12.0 Å². The standard InChI is InChI=1S/C14H20FN.ClH/c1-11(12-6-3-4-7-13(12)15)16-10-14(2)8-5-9-14;/h3-4,6-7,11,16H,5,8-10H2,1-2H3;1H. The SMILES string of the molecule is CC(NCC1(C)CCC1)c1ccccc1F.Cl. The molecule has 1 atom stereocenters. The summed E-state index contributed by atoms with van der Waals surface area (Å²) in [5.41, 5.74) is 1.21. The summed E-state index contributed by atoms with van der Waals surface area (Å²) in [7, 11) is 0. The molecule has 1 aliphatic carbocycles. The molecule has 2 rings (SSSR count). The van der Waals surface area contributed by atoms with Crippen LogP contribution in [0.4, 0.5) is 4.39 Å². The Morgan fingerprint density at radius 2 is 2.00 bits per heavy atom. The lowest BCUT2D eigenvalue weighted by Crippen LogP contribution is -2.38. The summed E-state index contributed by atoms with van der Waals surface area (Å²) in [6, 6.07) is 7.11. The second-order valence-corrected chi connectivity index (χ2v) is 5.29. The molecule has 0 aliphatic heterocycles. The minimum atomic E-state index is -0.110. The van der Waals surface area contributed by atoms with Gasteiger partial charge in [-0.15, -0.1) is 12.4 Å². The van der Waals surface area contributed by atoms with E-state index in [4.69, 9.17) is 0 Å². The van der Waals surface area contributed by atoms with Gasteiger partial charge in [-0.3, -0.25) is 0 Å². The zero-order valence-corrected chi connectivity index (χ0v) is 11.3. The van der Waals surface area contributed by atoms with E-state index in [1.54, 1.807) is 6.07 Å². The summed E-state index contributed by atoms with van der Waals surface area (Å²) < 4.78 is 13.5. The molecule has 96 valence electrons. The molecule has 1 fully saturated rings. The molecule has 1 aromatic carbocycles. The summed E-state index contributed by atoms with van der Waals surface area (Å²) >= 11 is 0. The highest BCUT2D eigenvalue weighted by atomic mass is 35.5. The normalized spacial score (nSPS) is 19.0. The van der Waals surface area contributed by atoms with Gasteiger partial charge in [0.05, 0.1) is 0 Å². The van der Waals surface area contributed by atoms with E-state index in [-0.39, 0.29) is 24.3 Å². The van der Waals surface area contributed by atoms with E-state index < -0.39 is 0 Å². The summed E-state index contributed by atoms with van der Waals surface area (Å²) in [6.07, 6.45) is 3.93. The van der Waals surface area contributed by atoms with Crippen LogP contribution in [0.5, 0.6) is 0 Å². The van der Waals surface area contributed by atoms with Crippen LogP contribution in [0.2, 0.25) is 0 Å². The van der Waals surface area contributed by atoms with Gasteiger partial charge in [-0.2, -0.15) is 0 Å². The fourth-order valence-corrected chi connectivity index (χ4v) is 2.29. The fraction of sp³-hybridized carbons (Fsp3) is 0.571. The average molecular weight is 258 g/mol. The van der Waals surface area contributed by atoms with Crippen LogP contribution in [-0.4, -0.2) is 6.54 Å². The predicted octanol–water partition coefficient (Wildman–Crippen LogP) is 4.09. The van der Waals surface area contributed by atoms with Crippen molar-refractivity contribution in [2.75, 3.05) is 6.54 Å². The van der Waals surface area contributed by atoms with E-state index in [0.29, 0.717) is 5.41 Å². The van der Waals surface area contributed by atoms with E-state index in [2.05, 4.69) is 12.2 Å². The lowest BCUT2D eigenvalue weighted by molar-refractivity contribution is 0.151. The molecule has 1 saturated carbocycles. The molecule has 1 aromatic rings. The highest BCUT2D eigenvalue weighted by Gasteiger charge is 2.31. The van der Waals surface area contributed by atoms with Crippen molar-refractivity contribution >= 4 is 12.4 Å². The van der Waals surface area contributed by atoms with Crippen LogP contribution in [0.1, 0.15) is 44.7 Å². The molecule has 1 aliphatic rings. The molecule has 1 N–H and O–H groups in total. The van der Waals surface area contributed by atoms with Crippen molar-refractivity contribution in [3.63, 3.8) is 0 Å². The van der Waals surface area contributed by atoms with Gasteiger partial charge in [0.15, 0.2) is 0 Å². The number of hydrogen-bond donors (Lipinski definition) is 1. The van der Waals surface area contributed by atoms with Gasteiger partial charge in [0.1, 0.15) is 5.82 Å². The lowest BCUT2D eigenvalue weighted by atomic mass is 9.70. The molecular weight excluding hydrogens is 237 g/mol. The Morgan fingerprint density at radius 3 is 2.53 bits per heavy atom. The van der Waals surface area contributed by atoms with Crippen LogP contribution in [0, 0.1) is 11.2 Å². The summed E-state index contributed by atoms with van der Waals surface area (Å²) in [5, 5.41) is 3.44. The summed E-state index contributed by atoms with van der Waals surface area (Å²) in [6.45, 7) is 5.32. The second kappa shape index (κ2) is 5.83. The predicted molar refractivity (Wildman–Crippen MR) is 72.0 cm³/mol. The van der Waals surface area contributed by atoms with Gasteiger partial charge < -0.3 is 5.32 Å². The maximum absolute atomic E-state index is 13.5. The van der Waals surface area contributed by atoms with Gasteiger partial charge in [-0.25, -0.2) is 4.39 Å². The van der Waals surface area contributed by atoms with E-state index >= 15 is 0 Å². The van der Waals surface area contributed by atoms with Crippen LogP contribution in [0.3, 0.4) is 0 Å². The lowest BCUT2D eigenvalue weighted by Gasteiger charge is -2.39. The third kappa shape index (κ3) is 3.43. The Balaban J connectivity index is 0.00000144. The van der Waals surface area contributed by atoms with Crippen molar-refractivity contribution in [1.82, 2.24) is 5.32 Å². The van der Waals surface area contributed by atoms with Gasteiger partial charge in [-0.05, 0) is 31.2 Å². The molecule has 17 heavy (non-hydrogen) atoms. The Kier molecular flexibility index (Phi) is 4.96. The molecule has 0 radical (unpaired) electrons. The molecule has 0 aromatic heterocycles. The first-order chi connectivity index (χ1) is 7.61. The molecule has 3 heteroatoms. The third-order valence-corrected chi connectivity index (χ3v) is 3.77. The van der Waals surface area contributed by atoms with Crippen molar-refractivity contribution in [3.8, 4) is 0 Å². The average Bonchev–Trinajstić information content (AvgIpc) is 2.24. The summed E-state index contributed by atoms with van der Waals surface area (Å²) in [4.78, 5) is 0. The second-order valence-electron chi connectivity index (χ2n) is 5.29. The van der Waals surface area contributed by atoms with Gasteiger partial charge in [-0.1, -0.05) is 31.5 Å². The van der Waals surface area contributed by atoms with E-state index in [1.165, 1.54) is 25.3 Å². The van der Waals surface area contributed by atoms with Gasteiger partial charge in [0.2, 0.25) is 0 Å². The first-order valence-corrected chi connectivity index (χ1v) is 6.09. The number of halogens is 2. The first kappa shape index (κ1) is 14.5. The van der Waals surface area contributed by atoms with Gasteiger partial charge >= 0.3 is 0 Å². The molecule has 0 saturated heterocycles. The van der Waals surface area contributed by atoms with Gasteiger partial charge in [0, 0.05) is 18.2 Å². The van der Waals surface area contributed by atoms with Crippen molar-refractivity contribution in [2.24, 2.45) is 5.41 Å². The minimum Gasteiger partial charge on any atom is -0.310 e. The number of rotatable bonds is 4. The first-order valence-electron chi connectivity index (χ1n) is 6.09. The van der Waals surface area contributed by atoms with Crippen LogP contribution in [-0.2, 0) is 0 Å². The Hall–Kier alpha value is -0.600. The number of benzene rings is 1. The minimum absolute atomic E-state index is 0. The Labute approximate surface area is 109 Å². The van der Waals surface area contributed by atoms with Gasteiger partial charge in [0.25, 0.3) is 0 Å². The van der Waals surface area contributed by atoms with Crippen LogP contribution in [0.15, 0.2) is 24.3 Å². The molecule has 0 spiro atoms. The number of nitrogens with one attached hydrogen (secondary N) is 1. The largest absolute Gasteiger partial charge is 0.310 e. The van der Waals surface area contributed by atoms with Crippen LogP contribution < -0.4 is 5.32 Å². The monoisotopic (exact) mass is 257 g/mol. The fourth-order valence-electron chi connectivity index (χ4n) is 2.29. The van der Waals surface area contributed by atoms with E-state index in [0.717, 1.165) is 12.1 Å². The molecule has 1 nitrogen and oxygen atoms in total. The molecular formula is C14H21ClFN. The molecule has 0 bridgehead atoms. The Morgan fingerprint density at radius 1 is 1.35 bits per heavy atom. The highest BCUT2D eigenvalue weighted by molar-refractivity contribution is 5.85. The van der Waals surface area contributed by atoms with Crippen molar-refractivity contribution in [1.29, 1.82) is 0 Å². The van der Waals surface area contributed by atoms with Crippen LogP contribution in [0.25, 0.3) is 0 Å². The third-order valence-electron chi connectivity index (χ3n) is 3.77. The zero-order valence-electron chi connectivity index (χ0n) is 10.5. The van der Waals surface area contributed by atoms with E-state index in [9.17, 15) is 4.39 Å². The van der Waals surface area contributed by atoms with E-state index in [1.807, 2.05) is 19.1 Å².